The van der Waals surface area contributed by atoms with Gasteiger partial charge in [0, 0.05) is 36.9 Å². The molecule has 0 fully saturated rings. The minimum Gasteiger partial charge on any atom is -0.352 e. The number of rotatable bonds is 6. The lowest BCUT2D eigenvalue weighted by Crippen LogP contribution is -2.22. The molecule has 0 spiro atoms. The first kappa shape index (κ1) is 15.5. The van der Waals surface area contributed by atoms with Crippen LogP contribution < -0.4 is 10.0 Å². The zero-order valence-electron chi connectivity index (χ0n) is 11.2. The van der Waals surface area contributed by atoms with Crippen molar-refractivity contribution in [2.24, 2.45) is 7.05 Å². The molecule has 5 nitrogen and oxygen atoms in total. The summed E-state index contributed by atoms with van der Waals surface area (Å²) in [6, 6.07) is 5.23. The molecule has 0 aliphatic rings. The van der Waals surface area contributed by atoms with Crippen LogP contribution in [0.15, 0.2) is 29.3 Å². The molecule has 0 atom stereocenters. The lowest BCUT2D eigenvalue weighted by molar-refractivity contribution is 0.581. The van der Waals surface area contributed by atoms with Gasteiger partial charge in [-0.1, -0.05) is 11.6 Å². The molecule has 0 amide bonds. The summed E-state index contributed by atoms with van der Waals surface area (Å²) in [7, 11) is 0.139. The van der Waals surface area contributed by atoms with Crippen molar-refractivity contribution < 1.29 is 8.42 Å². The van der Waals surface area contributed by atoms with Gasteiger partial charge in [-0.3, -0.25) is 0 Å². The number of hydrogen-bond donors (Lipinski definition) is 2. The number of aryl methyl sites for hydroxylation is 1. The molecule has 2 rings (SSSR count). The molecule has 0 aliphatic carbocycles. The Hall–Kier alpha value is -0.860. The second kappa shape index (κ2) is 6.28. The van der Waals surface area contributed by atoms with Gasteiger partial charge in [0.15, 0.2) is 0 Å². The van der Waals surface area contributed by atoms with E-state index in [1.807, 2.05) is 20.2 Å². The van der Waals surface area contributed by atoms with Crippen molar-refractivity contribution in [2.45, 2.75) is 18.0 Å². The van der Waals surface area contributed by atoms with Crippen LogP contribution >= 0.6 is 22.9 Å². The van der Waals surface area contributed by atoms with Crippen LogP contribution in [0.5, 0.6) is 0 Å². The van der Waals surface area contributed by atoms with E-state index in [-0.39, 0.29) is 11.4 Å². The van der Waals surface area contributed by atoms with Gasteiger partial charge in [-0.2, -0.15) is 0 Å². The smallest absolute Gasteiger partial charge is 0.242 e. The van der Waals surface area contributed by atoms with E-state index < -0.39 is 10.0 Å². The number of nitrogens with zero attached hydrogens (tertiary/aromatic N) is 1. The highest BCUT2D eigenvalue weighted by Gasteiger charge is 2.17. The Labute approximate surface area is 127 Å². The van der Waals surface area contributed by atoms with Gasteiger partial charge in [0.25, 0.3) is 0 Å². The van der Waals surface area contributed by atoms with E-state index in [0.717, 1.165) is 10.6 Å². The van der Waals surface area contributed by atoms with Crippen molar-refractivity contribution in [3.63, 3.8) is 0 Å². The summed E-state index contributed by atoms with van der Waals surface area (Å²) in [6.07, 6.45) is 1.61. The first-order valence-corrected chi connectivity index (χ1v) is 8.64. The molecule has 0 radical (unpaired) electrons. The van der Waals surface area contributed by atoms with Crippen LogP contribution in [0, 0.1) is 0 Å². The minimum atomic E-state index is -3.50. The predicted molar refractivity (Wildman–Crippen MR) is 81.5 cm³/mol. The van der Waals surface area contributed by atoms with E-state index in [1.165, 1.54) is 11.3 Å². The second-order valence-corrected chi connectivity index (χ2v) is 7.91. The van der Waals surface area contributed by atoms with E-state index in [4.69, 9.17) is 11.6 Å². The third kappa shape index (κ3) is 3.62. The van der Waals surface area contributed by atoms with E-state index in [0.29, 0.717) is 10.9 Å². The van der Waals surface area contributed by atoms with Crippen molar-refractivity contribution in [3.8, 4) is 0 Å². The zero-order valence-corrected chi connectivity index (χ0v) is 13.6. The number of hydrogen-bond acceptors (Lipinski definition) is 4. The zero-order chi connectivity index (χ0) is 14.8. The molecule has 0 unspecified atom stereocenters. The molecule has 0 aromatic carbocycles. The summed E-state index contributed by atoms with van der Waals surface area (Å²) >= 11 is 7.18. The maximum atomic E-state index is 12.2. The van der Waals surface area contributed by atoms with E-state index in [9.17, 15) is 8.42 Å². The van der Waals surface area contributed by atoms with Gasteiger partial charge in [-0.15, -0.1) is 11.3 Å². The number of halogens is 1. The van der Waals surface area contributed by atoms with Crippen LogP contribution in [0.4, 0.5) is 0 Å². The molecule has 8 heteroatoms. The summed E-state index contributed by atoms with van der Waals surface area (Å²) in [4.78, 5) is 1.15. The Bertz CT molecular complexity index is 691. The molecule has 0 aliphatic heterocycles. The molecule has 110 valence electrons. The molecule has 2 aromatic rings. The number of thiophene rings is 1. The van der Waals surface area contributed by atoms with Gasteiger partial charge in [0.2, 0.25) is 10.0 Å². The van der Waals surface area contributed by atoms with Gasteiger partial charge >= 0.3 is 0 Å². The fourth-order valence-electron chi connectivity index (χ4n) is 1.78. The van der Waals surface area contributed by atoms with Crippen LogP contribution in [-0.4, -0.2) is 20.0 Å². The minimum absolute atomic E-state index is 0.246. The fourth-order valence-corrected chi connectivity index (χ4v) is 4.00. The van der Waals surface area contributed by atoms with Gasteiger partial charge in [-0.05, 0) is 25.2 Å². The Morgan fingerprint density at radius 3 is 2.70 bits per heavy atom. The largest absolute Gasteiger partial charge is 0.352 e. The number of aromatic nitrogens is 1. The molecule has 0 bridgehead atoms. The van der Waals surface area contributed by atoms with Crippen molar-refractivity contribution >= 4 is 33.0 Å². The topological polar surface area (TPSA) is 63.1 Å². The van der Waals surface area contributed by atoms with Crippen LogP contribution in [0.2, 0.25) is 4.34 Å². The molecule has 0 saturated heterocycles. The summed E-state index contributed by atoms with van der Waals surface area (Å²) in [5.41, 5.74) is 0.909. The third-order valence-corrected chi connectivity index (χ3v) is 5.42. The molecular weight excluding hydrogens is 318 g/mol. The van der Waals surface area contributed by atoms with Crippen LogP contribution in [0.1, 0.15) is 10.6 Å². The summed E-state index contributed by atoms with van der Waals surface area (Å²) in [5.74, 6) is 0. The quantitative estimate of drug-likeness (QED) is 0.849. The Morgan fingerprint density at radius 2 is 2.10 bits per heavy atom. The monoisotopic (exact) mass is 333 g/mol. The number of nitrogens with one attached hydrogen (secondary N) is 2. The van der Waals surface area contributed by atoms with Crippen molar-refractivity contribution in [1.29, 1.82) is 0 Å². The van der Waals surface area contributed by atoms with Gasteiger partial charge < -0.3 is 9.88 Å². The van der Waals surface area contributed by atoms with Crippen molar-refractivity contribution in [3.05, 3.63) is 39.3 Å². The summed E-state index contributed by atoms with van der Waals surface area (Å²) in [5, 5.41) is 3.00. The molecule has 2 N–H and O–H groups in total. The maximum Gasteiger partial charge on any atom is 0.242 e. The third-order valence-electron chi connectivity index (χ3n) is 2.82. The summed E-state index contributed by atoms with van der Waals surface area (Å²) in [6.45, 7) is 0.864. The van der Waals surface area contributed by atoms with Crippen LogP contribution in [0.3, 0.4) is 0 Å². The molecule has 2 heterocycles. The van der Waals surface area contributed by atoms with Crippen molar-refractivity contribution in [1.82, 2.24) is 14.6 Å². The van der Waals surface area contributed by atoms with Crippen molar-refractivity contribution in [2.75, 3.05) is 7.05 Å². The predicted octanol–water partition coefficient (Wildman–Crippen LogP) is 1.94. The number of sulfonamides is 1. The SMILES string of the molecule is CNCc1cc(S(=O)(=O)NCc2ccc(Cl)s2)cn1C. The van der Waals surface area contributed by atoms with Gasteiger partial charge in [0.1, 0.15) is 0 Å². The van der Waals surface area contributed by atoms with E-state index >= 15 is 0 Å². The highest BCUT2D eigenvalue weighted by molar-refractivity contribution is 7.89. The second-order valence-electron chi connectivity index (χ2n) is 4.34. The molecular formula is C12H16ClN3O2S2. The average molecular weight is 334 g/mol. The fraction of sp³-hybridized carbons (Fsp3) is 0.333. The Balaban J connectivity index is 2.11. The van der Waals surface area contributed by atoms with Gasteiger partial charge in [-0.25, -0.2) is 13.1 Å². The molecule has 20 heavy (non-hydrogen) atoms. The maximum absolute atomic E-state index is 12.2. The van der Waals surface area contributed by atoms with E-state index in [1.54, 1.807) is 22.9 Å². The summed E-state index contributed by atoms with van der Waals surface area (Å²) < 4.78 is 29.4. The Morgan fingerprint density at radius 1 is 1.35 bits per heavy atom. The molecule has 2 aromatic heterocycles. The van der Waals surface area contributed by atoms with Crippen LogP contribution in [0.25, 0.3) is 0 Å². The van der Waals surface area contributed by atoms with Crippen LogP contribution in [-0.2, 0) is 30.2 Å². The average Bonchev–Trinajstić information content (AvgIpc) is 2.95. The van der Waals surface area contributed by atoms with E-state index in [2.05, 4.69) is 10.0 Å². The first-order chi connectivity index (χ1) is 9.42. The molecule has 0 saturated carbocycles. The van der Waals surface area contributed by atoms with Gasteiger partial charge in [0.05, 0.1) is 9.23 Å². The highest BCUT2D eigenvalue weighted by atomic mass is 35.5. The normalized spacial score (nSPS) is 11.9. The lowest BCUT2D eigenvalue weighted by Gasteiger charge is -2.02. The highest BCUT2D eigenvalue weighted by Crippen LogP contribution is 2.22. The lowest BCUT2D eigenvalue weighted by atomic mass is 10.4. The first-order valence-electron chi connectivity index (χ1n) is 5.96. The standard InChI is InChI=1S/C12H16ClN3O2S2/c1-14-6-9-5-11(8-16(9)2)20(17,18)15-7-10-3-4-12(13)19-10/h3-5,8,14-15H,6-7H2,1-2H3. The Kier molecular flexibility index (Phi) is 4.87.